The van der Waals surface area contributed by atoms with E-state index >= 15 is 0 Å². The van der Waals surface area contributed by atoms with Gasteiger partial charge in [-0.1, -0.05) is 25.7 Å². The molecule has 1 N–H and O–H groups in total. The molecule has 1 saturated heterocycles. The summed E-state index contributed by atoms with van der Waals surface area (Å²) in [5.74, 6) is -0.0805. The molecule has 0 atom stereocenters. The van der Waals surface area contributed by atoms with Gasteiger partial charge in [-0.25, -0.2) is 4.79 Å². The molecule has 0 unspecified atom stereocenters. The highest BCUT2D eigenvalue weighted by Crippen LogP contribution is 2.21. The molecule has 0 spiro atoms. The van der Waals surface area contributed by atoms with Gasteiger partial charge in [0.1, 0.15) is 5.69 Å². The normalized spacial score (nSPS) is 18.7. The van der Waals surface area contributed by atoms with E-state index < -0.39 is 0 Å². The zero-order valence-corrected chi connectivity index (χ0v) is 16.2. The Kier molecular flexibility index (Phi) is 6.90. The van der Waals surface area contributed by atoms with Gasteiger partial charge in [-0.3, -0.25) is 9.78 Å². The molecule has 7 heteroatoms. The Bertz CT molecular complexity index is 636. The first-order valence-corrected chi connectivity index (χ1v) is 10.1. The molecule has 2 aliphatic rings. The summed E-state index contributed by atoms with van der Waals surface area (Å²) in [6, 6.07) is 4.26. The quantitative estimate of drug-likeness (QED) is 0.820. The van der Waals surface area contributed by atoms with Crippen LogP contribution in [-0.4, -0.2) is 65.6 Å². The second-order valence-electron chi connectivity index (χ2n) is 7.24. The zero-order chi connectivity index (χ0) is 19.1. The molecular formula is C20H30N4O3. The summed E-state index contributed by atoms with van der Waals surface area (Å²) in [7, 11) is 0. The Labute approximate surface area is 161 Å². The monoisotopic (exact) mass is 374 g/mol. The number of pyridine rings is 1. The van der Waals surface area contributed by atoms with Crippen LogP contribution in [0.15, 0.2) is 18.3 Å². The Morgan fingerprint density at radius 2 is 1.78 bits per heavy atom. The second-order valence-corrected chi connectivity index (χ2v) is 7.24. The summed E-state index contributed by atoms with van der Waals surface area (Å²) < 4.78 is 5.02. The van der Waals surface area contributed by atoms with Crippen molar-refractivity contribution in [3.63, 3.8) is 0 Å². The SMILES string of the molecule is CCOC(=O)N1CCN(C(=O)c2cc(NC3CCCCCC3)ccn2)CC1. The molecule has 1 aromatic heterocycles. The minimum Gasteiger partial charge on any atom is -0.450 e. The number of aromatic nitrogens is 1. The van der Waals surface area contributed by atoms with Crippen LogP contribution in [0.1, 0.15) is 55.9 Å². The van der Waals surface area contributed by atoms with Gasteiger partial charge < -0.3 is 19.9 Å². The molecule has 2 heterocycles. The number of carbonyl (C=O) groups is 2. The summed E-state index contributed by atoms with van der Waals surface area (Å²) >= 11 is 0. The Morgan fingerprint density at radius 3 is 2.44 bits per heavy atom. The van der Waals surface area contributed by atoms with E-state index in [9.17, 15) is 9.59 Å². The molecule has 1 aromatic rings. The van der Waals surface area contributed by atoms with Crippen molar-refractivity contribution in [1.82, 2.24) is 14.8 Å². The maximum atomic E-state index is 12.8. The second kappa shape index (κ2) is 9.58. The van der Waals surface area contributed by atoms with Gasteiger partial charge in [-0.15, -0.1) is 0 Å². The van der Waals surface area contributed by atoms with Crippen LogP contribution in [0.5, 0.6) is 0 Å². The van der Waals surface area contributed by atoms with E-state index in [-0.39, 0.29) is 12.0 Å². The van der Waals surface area contributed by atoms with Gasteiger partial charge in [0, 0.05) is 44.1 Å². The molecule has 1 aliphatic heterocycles. The molecular weight excluding hydrogens is 344 g/mol. The van der Waals surface area contributed by atoms with Crippen LogP contribution in [0, 0.1) is 0 Å². The molecule has 27 heavy (non-hydrogen) atoms. The van der Waals surface area contributed by atoms with Crippen LogP contribution in [0.2, 0.25) is 0 Å². The smallest absolute Gasteiger partial charge is 0.409 e. The molecule has 0 bridgehead atoms. The maximum absolute atomic E-state index is 12.8. The van der Waals surface area contributed by atoms with Gasteiger partial charge in [0.05, 0.1) is 6.61 Å². The molecule has 2 fully saturated rings. The van der Waals surface area contributed by atoms with Crippen molar-refractivity contribution in [3.8, 4) is 0 Å². The Balaban J connectivity index is 1.56. The number of hydrogen-bond acceptors (Lipinski definition) is 5. The summed E-state index contributed by atoms with van der Waals surface area (Å²) in [5.41, 5.74) is 1.42. The molecule has 148 valence electrons. The van der Waals surface area contributed by atoms with Crippen molar-refractivity contribution in [2.24, 2.45) is 0 Å². The fourth-order valence-corrected chi connectivity index (χ4v) is 3.77. The van der Waals surface area contributed by atoms with Crippen LogP contribution in [0.4, 0.5) is 10.5 Å². The van der Waals surface area contributed by atoms with Gasteiger partial charge in [0.15, 0.2) is 0 Å². The fourth-order valence-electron chi connectivity index (χ4n) is 3.77. The Hall–Kier alpha value is -2.31. The van der Waals surface area contributed by atoms with Gasteiger partial charge >= 0.3 is 6.09 Å². The number of hydrogen-bond donors (Lipinski definition) is 1. The molecule has 2 amide bonds. The topological polar surface area (TPSA) is 74.8 Å². The van der Waals surface area contributed by atoms with Gasteiger partial charge in [0.25, 0.3) is 5.91 Å². The number of ether oxygens (including phenoxy) is 1. The van der Waals surface area contributed by atoms with E-state index in [1.165, 1.54) is 38.5 Å². The van der Waals surface area contributed by atoms with Crippen molar-refractivity contribution >= 4 is 17.7 Å². The number of anilines is 1. The lowest BCUT2D eigenvalue weighted by molar-refractivity contribution is 0.0566. The molecule has 0 radical (unpaired) electrons. The van der Waals surface area contributed by atoms with Crippen LogP contribution in [0.25, 0.3) is 0 Å². The first-order valence-electron chi connectivity index (χ1n) is 10.1. The van der Waals surface area contributed by atoms with Crippen molar-refractivity contribution < 1.29 is 14.3 Å². The predicted molar refractivity (Wildman–Crippen MR) is 104 cm³/mol. The molecule has 1 aliphatic carbocycles. The summed E-state index contributed by atoms with van der Waals surface area (Å²) in [6.45, 7) is 4.14. The van der Waals surface area contributed by atoms with E-state index in [0.29, 0.717) is 44.5 Å². The fraction of sp³-hybridized carbons (Fsp3) is 0.650. The largest absolute Gasteiger partial charge is 0.450 e. The van der Waals surface area contributed by atoms with Gasteiger partial charge in [-0.2, -0.15) is 0 Å². The van der Waals surface area contributed by atoms with E-state index in [4.69, 9.17) is 4.74 Å². The van der Waals surface area contributed by atoms with Gasteiger partial charge in [-0.05, 0) is 31.9 Å². The first-order chi connectivity index (χ1) is 13.2. The van der Waals surface area contributed by atoms with E-state index in [0.717, 1.165) is 5.69 Å². The minimum absolute atomic E-state index is 0.0805. The van der Waals surface area contributed by atoms with Crippen LogP contribution in [0.3, 0.4) is 0 Å². The number of rotatable bonds is 4. The van der Waals surface area contributed by atoms with Crippen molar-refractivity contribution in [3.05, 3.63) is 24.0 Å². The number of amides is 2. The summed E-state index contributed by atoms with van der Waals surface area (Å²) in [5, 5.41) is 3.57. The van der Waals surface area contributed by atoms with Crippen molar-refractivity contribution in [2.45, 2.75) is 51.5 Å². The molecule has 1 saturated carbocycles. The molecule has 3 rings (SSSR count). The summed E-state index contributed by atoms with van der Waals surface area (Å²) in [4.78, 5) is 32.3. The predicted octanol–water partition coefficient (Wildman–Crippen LogP) is 3.13. The van der Waals surface area contributed by atoms with Crippen LogP contribution < -0.4 is 5.32 Å². The Morgan fingerprint density at radius 1 is 1.11 bits per heavy atom. The molecule has 7 nitrogen and oxygen atoms in total. The standard InChI is InChI=1S/C20H30N4O3/c1-2-27-20(26)24-13-11-23(12-14-24)19(25)18-15-17(9-10-21-18)22-16-7-5-3-4-6-8-16/h9-10,15-16H,2-8,11-14H2,1H3,(H,21,22). The number of piperazine rings is 1. The third-order valence-corrected chi connectivity index (χ3v) is 5.30. The molecule has 0 aromatic carbocycles. The highest BCUT2D eigenvalue weighted by molar-refractivity contribution is 5.93. The summed E-state index contributed by atoms with van der Waals surface area (Å²) in [6.07, 6.45) is 8.91. The van der Waals surface area contributed by atoms with E-state index in [2.05, 4.69) is 10.3 Å². The first kappa shape index (κ1) is 19.5. The number of nitrogens with zero attached hydrogens (tertiary/aromatic N) is 3. The van der Waals surface area contributed by atoms with E-state index in [1.54, 1.807) is 22.9 Å². The number of nitrogens with one attached hydrogen (secondary N) is 1. The van der Waals surface area contributed by atoms with Crippen LogP contribution in [-0.2, 0) is 4.74 Å². The highest BCUT2D eigenvalue weighted by Gasteiger charge is 2.26. The third-order valence-electron chi connectivity index (χ3n) is 5.30. The average molecular weight is 374 g/mol. The lowest BCUT2D eigenvalue weighted by atomic mass is 10.1. The van der Waals surface area contributed by atoms with E-state index in [1.807, 2.05) is 12.1 Å². The maximum Gasteiger partial charge on any atom is 0.409 e. The minimum atomic E-state index is -0.308. The lowest BCUT2D eigenvalue weighted by Crippen LogP contribution is -2.50. The lowest BCUT2D eigenvalue weighted by Gasteiger charge is -2.33. The van der Waals surface area contributed by atoms with Crippen LogP contribution >= 0.6 is 0 Å². The van der Waals surface area contributed by atoms with Crippen molar-refractivity contribution in [1.29, 1.82) is 0 Å². The highest BCUT2D eigenvalue weighted by atomic mass is 16.6. The third kappa shape index (κ3) is 5.34. The zero-order valence-electron chi connectivity index (χ0n) is 16.2. The average Bonchev–Trinajstić information content (AvgIpc) is 2.96. The van der Waals surface area contributed by atoms with Gasteiger partial charge in [0.2, 0.25) is 0 Å². The number of carbonyl (C=O) groups excluding carboxylic acids is 2. The van der Waals surface area contributed by atoms with Crippen molar-refractivity contribution in [2.75, 3.05) is 38.1 Å².